The summed E-state index contributed by atoms with van der Waals surface area (Å²) in [5, 5.41) is 18.5. The van der Waals surface area contributed by atoms with Crippen molar-refractivity contribution >= 4 is 22.5 Å². The number of nitrogens with zero attached hydrogens (tertiary/aromatic N) is 3. The van der Waals surface area contributed by atoms with Gasteiger partial charge in [-0.2, -0.15) is 5.26 Å². The van der Waals surface area contributed by atoms with Crippen LogP contribution in [0.4, 0.5) is 0 Å². The van der Waals surface area contributed by atoms with Crippen LogP contribution in [0.25, 0.3) is 22.0 Å². The maximum Gasteiger partial charge on any atom is 0.182 e. The highest BCUT2D eigenvalue weighted by atomic mass is 35.5. The van der Waals surface area contributed by atoms with Crippen LogP contribution < -0.4 is 10.1 Å². The molecule has 2 aromatic carbocycles. The molecule has 1 N–H and O–H groups in total. The lowest BCUT2D eigenvalue weighted by molar-refractivity contribution is 0.189. The molecule has 0 fully saturated rings. The number of hydrogen-bond acceptors (Lipinski definition) is 6. The molecule has 0 spiro atoms. The molecule has 31 heavy (non-hydrogen) atoms. The molecule has 7 heteroatoms. The summed E-state index contributed by atoms with van der Waals surface area (Å²) in [5.74, 6) is 1.60. The standard InChI is InChI=1S/C24H17ClN4O2/c25-15-8-14-9-22(24-19-12-27-5-4-20(19)29-31-24)30-23(14)18(10-15)16-3-6-28-21-7-13(11-26)1-2-17(16)21/h1-3,6-8,10,22,27H,4-5,9,12H2/t22-/m1/s1. The molecule has 0 saturated carbocycles. The molecular weight excluding hydrogens is 412 g/mol. The molecule has 2 aromatic heterocycles. The Morgan fingerprint density at radius 3 is 3.00 bits per heavy atom. The zero-order chi connectivity index (χ0) is 20.9. The van der Waals surface area contributed by atoms with E-state index in [0.717, 1.165) is 69.9 Å². The van der Waals surface area contributed by atoms with Gasteiger partial charge in [0, 0.05) is 59.2 Å². The smallest absolute Gasteiger partial charge is 0.182 e. The average Bonchev–Trinajstić information content (AvgIpc) is 3.41. The molecule has 0 aliphatic carbocycles. The molecule has 0 saturated heterocycles. The van der Waals surface area contributed by atoms with Crippen LogP contribution in [-0.4, -0.2) is 16.7 Å². The Labute approximate surface area is 183 Å². The summed E-state index contributed by atoms with van der Waals surface area (Å²) < 4.78 is 12.2. The summed E-state index contributed by atoms with van der Waals surface area (Å²) in [7, 11) is 0. The van der Waals surface area contributed by atoms with E-state index in [-0.39, 0.29) is 6.10 Å². The fourth-order valence-electron chi connectivity index (χ4n) is 4.54. The highest BCUT2D eigenvalue weighted by Crippen LogP contribution is 2.47. The Morgan fingerprint density at radius 1 is 1.16 bits per heavy atom. The van der Waals surface area contributed by atoms with Crippen LogP contribution in [-0.2, 0) is 19.4 Å². The van der Waals surface area contributed by atoms with Crippen molar-refractivity contribution in [1.82, 2.24) is 15.5 Å². The molecule has 6 rings (SSSR count). The van der Waals surface area contributed by atoms with Crippen LogP contribution in [0.3, 0.4) is 0 Å². The summed E-state index contributed by atoms with van der Waals surface area (Å²) in [6.45, 7) is 1.65. The van der Waals surface area contributed by atoms with E-state index < -0.39 is 0 Å². The molecule has 6 nitrogen and oxygen atoms in total. The van der Waals surface area contributed by atoms with Gasteiger partial charge in [0.2, 0.25) is 0 Å². The maximum atomic E-state index is 9.22. The van der Waals surface area contributed by atoms with Gasteiger partial charge in [-0.3, -0.25) is 4.98 Å². The number of halogens is 1. The minimum absolute atomic E-state index is 0.235. The molecule has 0 unspecified atom stereocenters. The topological polar surface area (TPSA) is 84.0 Å². The van der Waals surface area contributed by atoms with Gasteiger partial charge in [-0.25, -0.2) is 0 Å². The van der Waals surface area contributed by atoms with Crippen molar-refractivity contribution in [3.8, 4) is 22.9 Å². The number of nitriles is 1. The third-order valence-electron chi connectivity index (χ3n) is 5.99. The van der Waals surface area contributed by atoms with E-state index in [4.69, 9.17) is 20.9 Å². The largest absolute Gasteiger partial charge is 0.481 e. The zero-order valence-corrected chi connectivity index (χ0v) is 17.2. The quantitative estimate of drug-likeness (QED) is 0.496. The third kappa shape index (κ3) is 2.97. The van der Waals surface area contributed by atoms with Gasteiger partial charge < -0.3 is 14.6 Å². The maximum absolute atomic E-state index is 9.22. The second-order valence-corrected chi connectivity index (χ2v) is 8.29. The lowest BCUT2D eigenvalue weighted by Gasteiger charge is -2.15. The Bertz CT molecular complexity index is 1390. The number of rotatable bonds is 2. The lowest BCUT2D eigenvalue weighted by Crippen LogP contribution is -2.24. The van der Waals surface area contributed by atoms with Crippen LogP contribution in [0.15, 0.2) is 47.1 Å². The van der Waals surface area contributed by atoms with Gasteiger partial charge in [0.25, 0.3) is 0 Å². The van der Waals surface area contributed by atoms with Crippen molar-refractivity contribution in [2.75, 3.05) is 6.54 Å². The van der Waals surface area contributed by atoms with E-state index in [9.17, 15) is 5.26 Å². The van der Waals surface area contributed by atoms with E-state index in [1.807, 2.05) is 24.3 Å². The minimum atomic E-state index is -0.235. The van der Waals surface area contributed by atoms with Gasteiger partial charge >= 0.3 is 0 Å². The van der Waals surface area contributed by atoms with E-state index in [2.05, 4.69) is 21.5 Å². The lowest BCUT2D eigenvalue weighted by atomic mass is 9.96. The monoisotopic (exact) mass is 428 g/mol. The van der Waals surface area contributed by atoms with Gasteiger partial charge in [0.1, 0.15) is 5.75 Å². The number of nitrogens with one attached hydrogen (secondary N) is 1. The second kappa shape index (κ2) is 7.09. The van der Waals surface area contributed by atoms with Crippen molar-refractivity contribution in [2.45, 2.75) is 25.5 Å². The average molecular weight is 429 g/mol. The zero-order valence-electron chi connectivity index (χ0n) is 16.5. The Balaban J connectivity index is 1.46. The normalized spacial score (nSPS) is 17.1. The van der Waals surface area contributed by atoms with Crippen molar-refractivity contribution in [3.05, 3.63) is 75.8 Å². The molecular formula is C24H17ClN4O2. The molecule has 0 amide bonds. The van der Waals surface area contributed by atoms with Crippen LogP contribution in [0.1, 0.15) is 34.2 Å². The highest BCUT2D eigenvalue weighted by Gasteiger charge is 2.34. The predicted octanol–water partition coefficient (Wildman–Crippen LogP) is 4.74. The molecule has 4 heterocycles. The van der Waals surface area contributed by atoms with Crippen LogP contribution in [0.5, 0.6) is 5.75 Å². The van der Waals surface area contributed by atoms with Crippen molar-refractivity contribution in [3.63, 3.8) is 0 Å². The first kappa shape index (κ1) is 18.4. The van der Waals surface area contributed by atoms with Crippen molar-refractivity contribution in [1.29, 1.82) is 5.26 Å². The summed E-state index contributed by atoms with van der Waals surface area (Å²) in [5.41, 5.74) is 6.38. The Hall–Kier alpha value is -3.40. The highest BCUT2D eigenvalue weighted by molar-refractivity contribution is 6.31. The van der Waals surface area contributed by atoms with Crippen molar-refractivity contribution in [2.24, 2.45) is 0 Å². The van der Waals surface area contributed by atoms with Gasteiger partial charge in [-0.1, -0.05) is 22.8 Å². The predicted molar refractivity (Wildman–Crippen MR) is 116 cm³/mol. The summed E-state index contributed by atoms with van der Waals surface area (Å²) in [4.78, 5) is 4.44. The van der Waals surface area contributed by atoms with Crippen LogP contribution in [0, 0.1) is 11.3 Å². The number of ether oxygens (including phenoxy) is 1. The molecule has 2 aliphatic rings. The van der Waals surface area contributed by atoms with E-state index in [0.29, 0.717) is 17.0 Å². The van der Waals surface area contributed by atoms with Crippen LogP contribution >= 0.6 is 11.6 Å². The van der Waals surface area contributed by atoms with Gasteiger partial charge in [0.05, 0.1) is 22.8 Å². The van der Waals surface area contributed by atoms with Gasteiger partial charge in [-0.15, -0.1) is 0 Å². The number of benzene rings is 2. The Morgan fingerprint density at radius 2 is 2.10 bits per heavy atom. The second-order valence-electron chi connectivity index (χ2n) is 7.85. The van der Waals surface area contributed by atoms with E-state index in [1.165, 1.54) is 0 Å². The molecule has 1 atom stereocenters. The fourth-order valence-corrected chi connectivity index (χ4v) is 4.78. The summed E-state index contributed by atoms with van der Waals surface area (Å²) in [6, 6.07) is 13.5. The van der Waals surface area contributed by atoms with Crippen LogP contribution in [0.2, 0.25) is 5.02 Å². The number of pyridine rings is 1. The molecule has 2 aliphatic heterocycles. The number of fused-ring (bicyclic) bond motifs is 3. The minimum Gasteiger partial charge on any atom is -0.481 e. The van der Waals surface area contributed by atoms with Crippen molar-refractivity contribution < 1.29 is 9.26 Å². The first-order valence-corrected chi connectivity index (χ1v) is 10.6. The number of aromatic nitrogens is 2. The van der Waals surface area contributed by atoms with E-state index >= 15 is 0 Å². The molecule has 4 aromatic rings. The molecule has 0 bridgehead atoms. The van der Waals surface area contributed by atoms with E-state index in [1.54, 1.807) is 18.3 Å². The number of hydrogen-bond donors (Lipinski definition) is 1. The molecule has 152 valence electrons. The summed E-state index contributed by atoms with van der Waals surface area (Å²) >= 11 is 6.51. The van der Waals surface area contributed by atoms with Gasteiger partial charge in [0.15, 0.2) is 11.9 Å². The fraction of sp³-hybridized carbons (Fsp3) is 0.208. The Kier molecular flexibility index (Phi) is 4.20. The SMILES string of the molecule is N#Cc1ccc2c(-c3cc(Cl)cc4c3O[C@@H](c3onc5c3CNCC5)C4)ccnc2c1. The molecule has 0 radical (unpaired) electrons. The first-order valence-electron chi connectivity index (χ1n) is 10.2. The van der Waals surface area contributed by atoms with Gasteiger partial charge in [-0.05, 0) is 35.9 Å². The third-order valence-corrected chi connectivity index (χ3v) is 6.21. The first-order chi connectivity index (χ1) is 15.2. The summed E-state index contributed by atoms with van der Waals surface area (Å²) in [6.07, 6.45) is 3.05.